The highest BCUT2D eigenvalue weighted by molar-refractivity contribution is 7.16. The number of rotatable bonds is 3. The highest BCUT2D eigenvalue weighted by atomic mass is 32.1. The van der Waals surface area contributed by atoms with Crippen LogP contribution in [-0.4, -0.2) is 24.7 Å². The summed E-state index contributed by atoms with van der Waals surface area (Å²) in [7, 11) is 0. The minimum Gasteiger partial charge on any atom is -0.390 e. The van der Waals surface area contributed by atoms with Gasteiger partial charge in [0.05, 0.1) is 18.0 Å². The Hall–Kier alpha value is -1.79. The van der Waals surface area contributed by atoms with Gasteiger partial charge in [-0.15, -0.1) is 0 Å². The number of hydrogen-bond donors (Lipinski definition) is 1. The molecule has 0 unspecified atom stereocenters. The summed E-state index contributed by atoms with van der Waals surface area (Å²) in [6.45, 7) is 1.97. The van der Waals surface area contributed by atoms with E-state index in [0.717, 1.165) is 27.6 Å². The molecule has 3 aromatic heterocycles. The molecule has 0 aliphatic carbocycles. The van der Waals surface area contributed by atoms with Crippen LogP contribution in [-0.2, 0) is 13.0 Å². The average molecular weight is 260 g/mol. The number of aryl methyl sites for hydroxylation is 1. The Morgan fingerprint density at radius 1 is 1.44 bits per heavy atom. The molecule has 0 bridgehead atoms. The van der Waals surface area contributed by atoms with Crippen molar-refractivity contribution in [2.45, 2.75) is 20.0 Å². The molecule has 0 fully saturated rings. The predicted molar refractivity (Wildman–Crippen MR) is 69.4 cm³/mol. The van der Waals surface area contributed by atoms with E-state index >= 15 is 0 Å². The molecule has 0 amide bonds. The fraction of sp³-hybridized carbons (Fsp3) is 0.250. The number of hydrogen-bond acceptors (Lipinski definition) is 5. The van der Waals surface area contributed by atoms with Crippen LogP contribution in [0.3, 0.4) is 0 Å². The van der Waals surface area contributed by atoms with Crippen LogP contribution in [0.25, 0.3) is 16.2 Å². The lowest BCUT2D eigenvalue weighted by molar-refractivity contribution is 0.275. The fourth-order valence-corrected chi connectivity index (χ4v) is 2.70. The summed E-state index contributed by atoms with van der Waals surface area (Å²) >= 11 is 1.55. The molecule has 3 rings (SSSR count). The predicted octanol–water partition coefficient (Wildman–Crippen LogP) is 1.91. The van der Waals surface area contributed by atoms with Gasteiger partial charge in [0.2, 0.25) is 4.96 Å². The summed E-state index contributed by atoms with van der Waals surface area (Å²) in [6.07, 6.45) is 4.33. The standard InChI is InChI=1S/C12H12N4OS/c1-2-10-15-16-9(7-17)11(14-12(16)18-10)8-4-3-5-13-6-8/h3-6,17H,2,7H2,1H3. The minimum absolute atomic E-state index is 0.0850. The van der Waals surface area contributed by atoms with Gasteiger partial charge >= 0.3 is 0 Å². The Labute approximate surface area is 108 Å². The molecule has 0 aliphatic heterocycles. The van der Waals surface area contributed by atoms with Crippen molar-refractivity contribution in [2.75, 3.05) is 0 Å². The number of aliphatic hydroxyl groups excluding tert-OH is 1. The van der Waals surface area contributed by atoms with Crippen LogP contribution in [0.1, 0.15) is 17.6 Å². The Balaban J connectivity index is 2.21. The van der Waals surface area contributed by atoms with E-state index in [-0.39, 0.29) is 6.61 Å². The normalized spacial score (nSPS) is 11.2. The van der Waals surface area contributed by atoms with E-state index < -0.39 is 0 Å². The second-order valence-corrected chi connectivity index (χ2v) is 4.89. The zero-order chi connectivity index (χ0) is 12.5. The van der Waals surface area contributed by atoms with E-state index in [1.807, 2.05) is 12.1 Å². The third-order valence-corrected chi connectivity index (χ3v) is 3.78. The molecule has 0 radical (unpaired) electrons. The average Bonchev–Trinajstić information content (AvgIpc) is 2.96. The van der Waals surface area contributed by atoms with Crippen molar-refractivity contribution in [2.24, 2.45) is 0 Å². The van der Waals surface area contributed by atoms with Crippen LogP contribution in [0.15, 0.2) is 24.5 Å². The third kappa shape index (κ3) is 1.70. The minimum atomic E-state index is -0.0850. The lowest BCUT2D eigenvalue weighted by Crippen LogP contribution is -1.96. The fourth-order valence-electron chi connectivity index (χ4n) is 1.85. The van der Waals surface area contributed by atoms with E-state index in [1.54, 1.807) is 28.2 Å². The van der Waals surface area contributed by atoms with Crippen LogP contribution >= 0.6 is 11.3 Å². The number of pyridine rings is 1. The molecule has 0 aliphatic rings. The summed E-state index contributed by atoms with van der Waals surface area (Å²) in [5.74, 6) is 0. The van der Waals surface area contributed by atoms with E-state index in [0.29, 0.717) is 5.69 Å². The van der Waals surface area contributed by atoms with Crippen molar-refractivity contribution in [1.29, 1.82) is 0 Å². The zero-order valence-corrected chi connectivity index (χ0v) is 10.7. The summed E-state index contributed by atoms with van der Waals surface area (Å²) in [5, 5.41) is 15.0. The van der Waals surface area contributed by atoms with Crippen molar-refractivity contribution in [3.8, 4) is 11.3 Å². The summed E-state index contributed by atoms with van der Waals surface area (Å²) in [5.41, 5.74) is 2.37. The number of nitrogens with zero attached hydrogens (tertiary/aromatic N) is 4. The molecular formula is C12H12N4OS. The Morgan fingerprint density at radius 3 is 3.00 bits per heavy atom. The van der Waals surface area contributed by atoms with Crippen molar-refractivity contribution >= 4 is 16.3 Å². The van der Waals surface area contributed by atoms with Gasteiger partial charge < -0.3 is 5.11 Å². The maximum absolute atomic E-state index is 9.53. The van der Waals surface area contributed by atoms with Gasteiger partial charge in [-0.1, -0.05) is 18.3 Å². The van der Waals surface area contributed by atoms with E-state index in [1.165, 1.54) is 0 Å². The van der Waals surface area contributed by atoms with Gasteiger partial charge in [0.1, 0.15) is 5.01 Å². The van der Waals surface area contributed by atoms with Crippen LogP contribution in [0.5, 0.6) is 0 Å². The third-order valence-electron chi connectivity index (χ3n) is 2.73. The molecule has 0 saturated heterocycles. The molecule has 1 N–H and O–H groups in total. The Kier molecular flexibility index (Phi) is 2.81. The van der Waals surface area contributed by atoms with Gasteiger partial charge in [-0.3, -0.25) is 4.98 Å². The van der Waals surface area contributed by atoms with E-state index in [2.05, 4.69) is 22.0 Å². The quantitative estimate of drug-likeness (QED) is 0.781. The molecule has 18 heavy (non-hydrogen) atoms. The van der Waals surface area contributed by atoms with Crippen molar-refractivity contribution in [1.82, 2.24) is 19.6 Å². The highest BCUT2D eigenvalue weighted by Crippen LogP contribution is 2.26. The topological polar surface area (TPSA) is 63.3 Å². The Morgan fingerprint density at radius 2 is 2.33 bits per heavy atom. The molecule has 0 spiro atoms. The number of aromatic nitrogens is 4. The van der Waals surface area contributed by atoms with Crippen LogP contribution in [0.2, 0.25) is 0 Å². The zero-order valence-electron chi connectivity index (χ0n) is 9.87. The van der Waals surface area contributed by atoms with Gasteiger partial charge in [0, 0.05) is 18.0 Å². The first-order chi connectivity index (χ1) is 8.83. The van der Waals surface area contributed by atoms with Crippen LogP contribution < -0.4 is 0 Å². The van der Waals surface area contributed by atoms with E-state index in [4.69, 9.17) is 0 Å². The second-order valence-electron chi connectivity index (χ2n) is 3.85. The monoisotopic (exact) mass is 260 g/mol. The van der Waals surface area contributed by atoms with Gasteiger partial charge in [0.15, 0.2) is 0 Å². The highest BCUT2D eigenvalue weighted by Gasteiger charge is 2.16. The number of fused-ring (bicyclic) bond motifs is 1. The second kappa shape index (κ2) is 4.47. The van der Waals surface area contributed by atoms with Gasteiger partial charge in [0.25, 0.3) is 0 Å². The van der Waals surface area contributed by atoms with E-state index in [9.17, 15) is 5.11 Å². The molecule has 3 aromatic rings. The SMILES string of the molecule is CCc1nn2c(CO)c(-c3cccnc3)nc2s1. The van der Waals surface area contributed by atoms with Crippen molar-refractivity contribution in [3.63, 3.8) is 0 Å². The maximum Gasteiger partial charge on any atom is 0.213 e. The van der Waals surface area contributed by atoms with Gasteiger partial charge in [-0.05, 0) is 18.6 Å². The number of aliphatic hydroxyl groups is 1. The molecule has 6 heteroatoms. The van der Waals surface area contributed by atoms with Crippen LogP contribution in [0, 0.1) is 0 Å². The molecule has 0 aromatic carbocycles. The smallest absolute Gasteiger partial charge is 0.213 e. The summed E-state index contributed by atoms with van der Waals surface area (Å²) in [6, 6.07) is 3.79. The maximum atomic E-state index is 9.53. The lowest BCUT2D eigenvalue weighted by atomic mass is 10.2. The molecule has 92 valence electrons. The first-order valence-corrected chi connectivity index (χ1v) is 6.53. The van der Waals surface area contributed by atoms with Crippen molar-refractivity contribution in [3.05, 3.63) is 35.2 Å². The molecule has 5 nitrogen and oxygen atoms in total. The summed E-state index contributed by atoms with van der Waals surface area (Å²) < 4.78 is 1.73. The van der Waals surface area contributed by atoms with Gasteiger partial charge in [-0.2, -0.15) is 5.10 Å². The van der Waals surface area contributed by atoms with Gasteiger partial charge in [-0.25, -0.2) is 9.50 Å². The molecular weight excluding hydrogens is 248 g/mol. The number of imidazole rings is 1. The van der Waals surface area contributed by atoms with Crippen molar-refractivity contribution < 1.29 is 5.11 Å². The lowest BCUT2D eigenvalue weighted by Gasteiger charge is -1.99. The summed E-state index contributed by atoms with van der Waals surface area (Å²) in [4.78, 5) is 9.43. The first kappa shape index (κ1) is 11.3. The van der Waals surface area contributed by atoms with Crippen LogP contribution in [0.4, 0.5) is 0 Å². The molecule has 3 heterocycles. The Bertz CT molecular complexity index is 674. The largest absolute Gasteiger partial charge is 0.390 e. The molecule has 0 saturated carbocycles. The molecule has 0 atom stereocenters. The first-order valence-electron chi connectivity index (χ1n) is 5.72.